The molecule has 0 radical (unpaired) electrons. The molecule has 0 aliphatic carbocycles. The Morgan fingerprint density at radius 3 is 2.18 bits per heavy atom. The fourth-order valence-electron chi connectivity index (χ4n) is 1.68. The number of aliphatic hydroxyl groups is 1. The number of phenolic OH excluding ortho intramolecular Hbond substituents is 1. The molecule has 1 unspecified atom stereocenters. The van der Waals surface area contributed by atoms with Crippen molar-refractivity contribution in [2.45, 2.75) is 6.04 Å². The largest absolute Gasteiger partial charge is 0.508 e. The maximum absolute atomic E-state index is 9.38. The van der Waals surface area contributed by atoms with E-state index < -0.39 is 0 Å². The Morgan fingerprint density at radius 2 is 1.59 bits per heavy atom. The van der Waals surface area contributed by atoms with E-state index in [1.807, 2.05) is 30.3 Å². The molecule has 0 aliphatic heterocycles. The van der Waals surface area contributed by atoms with Crippen LogP contribution in [0.15, 0.2) is 54.6 Å². The lowest BCUT2D eigenvalue weighted by Gasteiger charge is -2.18. The summed E-state index contributed by atoms with van der Waals surface area (Å²) >= 11 is 0. The van der Waals surface area contributed by atoms with Gasteiger partial charge in [-0.25, -0.2) is 0 Å². The summed E-state index contributed by atoms with van der Waals surface area (Å²) in [5.41, 5.74) is 1.90. The number of benzene rings is 2. The maximum Gasteiger partial charge on any atom is 0.115 e. The van der Waals surface area contributed by atoms with Crippen LogP contribution in [0.4, 0.5) is 5.69 Å². The van der Waals surface area contributed by atoms with E-state index in [4.69, 9.17) is 0 Å². The third-order valence-corrected chi connectivity index (χ3v) is 2.59. The number of aromatic hydroxyl groups is 1. The van der Waals surface area contributed by atoms with Crippen molar-refractivity contribution in [3.05, 3.63) is 60.2 Å². The summed E-state index contributed by atoms with van der Waals surface area (Å²) < 4.78 is 0. The van der Waals surface area contributed by atoms with Crippen molar-refractivity contribution in [3.8, 4) is 5.75 Å². The minimum absolute atomic E-state index is 0.0187. The monoisotopic (exact) mass is 229 g/mol. The first-order valence-electron chi connectivity index (χ1n) is 5.51. The molecule has 0 bridgehead atoms. The van der Waals surface area contributed by atoms with Crippen LogP contribution >= 0.6 is 0 Å². The van der Waals surface area contributed by atoms with Crippen LogP contribution in [0, 0.1) is 0 Å². The summed E-state index contributed by atoms with van der Waals surface area (Å²) in [6.07, 6.45) is 0. The van der Waals surface area contributed by atoms with Gasteiger partial charge in [0, 0.05) is 5.69 Å². The summed E-state index contributed by atoms with van der Waals surface area (Å²) in [6.45, 7) is 0.0187. The Labute approximate surface area is 100 Å². The number of anilines is 1. The number of rotatable bonds is 4. The van der Waals surface area contributed by atoms with Crippen molar-refractivity contribution in [2.24, 2.45) is 0 Å². The Balaban J connectivity index is 2.13. The average molecular weight is 229 g/mol. The SMILES string of the molecule is OCC(Nc1ccc(O)cc1)c1ccccc1. The van der Waals surface area contributed by atoms with Gasteiger partial charge in [-0.2, -0.15) is 0 Å². The van der Waals surface area contributed by atoms with Crippen LogP contribution in [-0.4, -0.2) is 16.8 Å². The van der Waals surface area contributed by atoms with Crippen LogP contribution in [-0.2, 0) is 0 Å². The third-order valence-electron chi connectivity index (χ3n) is 2.59. The standard InChI is InChI=1S/C14H15NO2/c16-10-14(11-4-2-1-3-5-11)15-12-6-8-13(17)9-7-12/h1-9,14-17H,10H2. The van der Waals surface area contributed by atoms with E-state index in [0.29, 0.717) is 0 Å². The van der Waals surface area contributed by atoms with Crippen molar-refractivity contribution < 1.29 is 10.2 Å². The zero-order valence-corrected chi connectivity index (χ0v) is 9.38. The Kier molecular flexibility index (Phi) is 3.62. The fraction of sp³-hybridized carbons (Fsp3) is 0.143. The van der Waals surface area contributed by atoms with Crippen molar-refractivity contribution in [3.63, 3.8) is 0 Å². The van der Waals surface area contributed by atoms with Gasteiger partial charge in [-0.15, -0.1) is 0 Å². The summed E-state index contributed by atoms with van der Waals surface area (Å²) in [4.78, 5) is 0. The second-order valence-corrected chi connectivity index (χ2v) is 3.84. The van der Waals surface area contributed by atoms with E-state index in [-0.39, 0.29) is 18.4 Å². The molecule has 17 heavy (non-hydrogen) atoms. The Hall–Kier alpha value is -2.00. The molecule has 0 fully saturated rings. The molecule has 3 nitrogen and oxygen atoms in total. The molecule has 0 spiro atoms. The predicted octanol–water partition coefficient (Wildman–Crippen LogP) is 2.54. The van der Waals surface area contributed by atoms with Crippen molar-refractivity contribution >= 4 is 5.69 Å². The van der Waals surface area contributed by atoms with Gasteiger partial charge >= 0.3 is 0 Å². The molecule has 1 atom stereocenters. The summed E-state index contributed by atoms with van der Waals surface area (Å²) in [6, 6.07) is 16.4. The predicted molar refractivity (Wildman–Crippen MR) is 68.0 cm³/mol. The quantitative estimate of drug-likeness (QED) is 0.706. The number of hydrogen-bond acceptors (Lipinski definition) is 3. The highest BCUT2D eigenvalue weighted by atomic mass is 16.3. The molecule has 3 heteroatoms. The summed E-state index contributed by atoms with van der Waals surface area (Å²) in [7, 11) is 0. The van der Waals surface area contributed by atoms with Gasteiger partial charge in [0.2, 0.25) is 0 Å². The van der Waals surface area contributed by atoms with Crippen molar-refractivity contribution in [1.29, 1.82) is 0 Å². The summed E-state index contributed by atoms with van der Waals surface area (Å²) in [5.74, 6) is 0.232. The molecule has 0 aliphatic rings. The lowest BCUT2D eigenvalue weighted by atomic mass is 10.1. The van der Waals surface area contributed by atoms with E-state index in [2.05, 4.69) is 5.32 Å². The molecule has 0 saturated carbocycles. The lowest BCUT2D eigenvalue weighted by Crippen LogP contribution is -2.14. The lowest BCUT2D eigenvalue weighted by molar-refractivity contribution is 0.276. The topological polar surface area (TPSA) is 52.5 Å². The average Bonchev–Trinajstić information content (AvgIpc) is 2.39. The smallest absolute Gasteiger partial charge is 0.115 e. The Bertz CT molecular complexity index is 453. The molecule has 0 saturated heterocycles. The zero-order valence-electron chi connectivity index (χ0n) is 9.38. The van der Waals surface area contributed by atoms with Gasteiger partial charge in [0.15, 0.2) is 0 Å². The summed E-state index contributed by atoms with van der Waals surface area (Å²) in [5, 5.41) is 21.8. The van der Waals surface area contributed by atoms with E-state index in [1.54, 1.807) is 24.3 Å². The van der Waals surface area contributed by atoms with Crippen LogP contribution in [0.3, 0.4) is 0 Å². The maximum atomic E-state index is 9.38. The van der Waals surface area contributed by atoms with Crippen LogP contribution in [0.1, 0.15) is 11.6 Å². The fourth-order valence-corrected chi connectivity index (χ4v) is 1.68. The van der Waals surface area contributed by atoms with Gasteiger partial charge in [0.25, 0.3) is 0 Å². The van der Waals surface area contributed by atoms with Crippen LogP contribution < -0.4 is 5.32 Å². The van der Waals surface area contributed by atoms with Crippen LogP contribution in [0.5, 0.6) is 5.75 Å². The van der Waals surface area contributed by atoms with Gasteiger partial charge in [-0.1, -0.05) is 30.3 Å². The molecule has 0 heterocycles. The molecule has 2 aromatic rings. The van der Waals surface area contributed by atoms with Gasteiger partial charge in [0.1, 0.15) is 5.75 Å². The molecular weight excluding hydrogens is 214 g/mol. The van der Waals surface area contributed by atoms with Gasteiger partial charge in [0.05, 0.1) is 12.6 Å². The van der Waals surface area contributed by atoms with Crippen LogP contribution in [0.2, 0.25) is 0 Å². The molecule has 0 aromatic heterocycles. The third kappa shape index (κ3) is 2.98. The molecular formula is C14H15NO2. The second-order valence-electron chi connectivity index (χ2n) is 3.84. The van der Waals surface area contributed by atoms with Crippen molar-refractivity contribution in [2.75, 3.05) is 11.9 Å². The number of phenols is 1. The highest BCUT2D eigenvalue weighted by molar-refractivity contribution is 5.48. The first-order valence-corrected chi connectivity index (χ1v) is 5.51. The zero-order chi connectivity index (χ0) is 12.1. The van der Waals surface area contributed by atoms with E-state index in [0.717, 1.165) is 11.3 Å². The van der Waals surface area contributed by atoms with E-state index in [1.165, 1.54) is 0 Å². The van der Waals surface area contributed by atoms with Gasteiger partial charge in [-0.05, 0) is 29.8 Å². The number of hydrogen-bond donors (Lipinski definition) is 3. The molecule has 2 rings (SSSR count). The first-order chi connectivity index (χ1) is 8.29. The van der Waals surface area contributed by atoms with E-state index in [9.17, 15) is 10.2 Å². The highest BCUT2D eigenvalue weighted by Crippen LogP contribution is 2.20. The second kappa shape index (κ2) is 5.37. The number of aliphatic hydroxyl groups excluding tert-OH is 1. The Morgan fingerprint density at radius 1 is 0.941 bits per heavy atom. The molecule has 0 amide bonds. The normalized spacial score (nSPS) is 12.1. The molecule has 2 aromatic carbocycles. The minimum atomic E-state index is -0.138. The highest BCUT2D eigenvalue weighted by Gasteiger charge is 2.09. The molecule has 88 valence electrons. The minimum Gasteiger partial charge on any atom is -0.508 e. The van der Waals surface area contributed by atoms with E-state index >= 15 is 0 Å². The van der Waals surface area contributed by atoms with Gasteiger partial charge < -0.3 is 15.5 Å². The molecule has 3 N–H and O–H groups in total. The van der Waals surface area contributed by atoms with Gasteiger partial charge in [-0.3, -0.25) is 0 Å². The number of nitrogens with one attached hydrogen (secondary N) is 1. The van der Waals surface area contributed by atoms with Crippen LogP contribution in [0.25, 0.3) is 0 Å². The first kappa shape index (κ1) is 11.5. The van der Waals surface area contributed by atoms with Crippen molar-refractivity contribution in [1.82, 2.24) is 0 Å².